The van der Waals surface area contributed by atoms with Crippen LogP contribution in [-0.2, 0) is 16.1 Å². The van der Waals surface area contributed by atoms with Gasteiger partial charge >= 0.3 is 0 Å². The van der Waals surface area contributed by atoms with Crippen molar-refractivity contribution in [3.8, 4) is 5.69 Å². The van der Waals surface area contributed by atoms with E-state index in [1.807, 2.05) is 59.6 Å². The topological polar surface area (TPSA) is 63.5 Å². The van der Waals surface area contributed by atoms with E-state index in [-0.39, 0.29) is 18.0 Å². The van der Waals surface area contributed by atoms with E-state index in [1.54, 1.807) is 4.68 Å². The van der Waals surface area contributed by atoms with E-state index in [9.17, 15) is 4.79 Å². The molecule has 7 nitrogen and oxygen atoms in total. The molecule has 3 aromatic rings. The van der Waals surface area contributed by atoms with Crippen molar-refractivity contribution in [2.75, 3.05) is 13.2 Å². The average Bonchev–Trinajstić information content (AvgIpc) is 3.53. The number of hydrogen-bond donors (Lipinski definition) is 0. The second kappa shape index (κ2) is 6.75. The van der Waals surface area contributed by atoms with Crippen LogP contribution in [0.5, 0.6) is 0 Å². The van der Waals surface area contributed by atoms with Gasteiger partial charge in [-0.1, -0.05) is 53.7 Å². The summed E-state index contributed by atoms with van der Waals surface area (Å²) in [6.07, 6.45) is 3.30. The third kappa shape index (κ3) is 2.62. The van der Waals surface area contributed by atoms with Crippen LogP contribution in [0.4, 0.5) is 0 Å². The van der Waals surface area contributed by atoms with Crippen LogP contribution >= 0.6 is 0 Å². The highest BCUT2D eigenvalue weighted by molar-refractivity contribution is 5.82. The molecule has 0 radical (unpaired) electrons. The van der Waals surface area contributed by atoms with Gasteiger partial charge < -0.3 is 9.64 Å². The van der Waals surface area contributed by atoms with Crippen molar-refractivity contribution in [1.82, 2.24) is 24.8 Å². The van der Waals surface area contributed by atoms with E-state index in [2.05, 4.69) is 27.3 Å². The quantitative estimate of drug-likeness (QED) is 0.672. The number of para-hydroxylation sites is 1. The first-order valence-electron chi connectivity index (χ1n) is 10.5. The zero-order valence-electron chi connectivity index (χ0n) is 16.6. The summed E-state index contributed by atoms with van der Waals surface area (Å²) in [4.78, 5) is 17.4. The summed E-state index contributed by atoms with van der Waals surface area (Å²) in [5.74, 6) is 0.184. The molecule has 1 aromatic heterocycles. The second-order valence-corrected chi connectivity index (χ2v) is 8.28. The van der Waals surface area contributed by atoms with E-state index in [0.717, 1.165) is 29.9 Å². The predicted molar refractivity (Wildman–Crippen MR) is 110 cm³/mol. The lowest BCUT2D eigenvalue weighted by atomic mass is 10.0. The molecule has 3 saturated heterocycles. The highest BCUT2D eigenvalue weighted by Crippen LogP contribution is 2.51. The van der Waals surface area contributed by atoms with Gasteiger partial charge in [0.05, 0.1) is 36.3 Å². The Morgan fingerprint density at radius 2 is 1.83 bits per heavy atom. The van der Waals surface area contributed by atoms with E-state index in [0.29, 0.717) is 19.6 Å². The number of likely N-dealkylation sites (tertiary alicyclic amines) is 1. The molecule has 7 heteroatoms. The molecule has 6 rings (SSSR count). The van der Waals surface area contributed by atoms with Crippen molar-refractivity contribution < 1.29 is 9.53 Å². The lowest BCUT2D eigenvalue weighted by Gasteiger charge is -2.33. The van der Waals surface area contributed by atoms with Crippen LogP contribution in [0.2, 0.25) is 0 Å². The molecule has 0 N–H and O–H groups in total. The van der Waals surface area contributed by atoms with E-state index in [4.69, 9.17) is 4.74 Å². The van der Waals surface area contributed by atoms with Crippen molar-refractivity contribution in [3.05, 3.63) is 78.1 Å². The van der Waals surface area contributed by atoms with Gasteiger partial charge in [0.15, 0.2) is 5.72 Å². The smallest absolute Gasteiger partial charge is 0.227 e. The Kier molecular flexibility index (Phi) is 4.01. The van der Waals surface area contributed by atoms with Crippen molar-refractivity contribution in [2.24, 2.45) is 0 Å². The highest BCUT2D eigenvalue weighted by atomic mass is 16.5. The first-order valence-corrected chi connectivity index (χ1v) is 10.5. The molecule has 1 spiro atoms. The average molecular weight is 401 g/mol. The van der Waals surface area contributed by atoms with Gasteiger partial charge in [0.2, 0.25) is 5.91 Å². The second-order valence-electron chi connectivity index (χ2n) is 8.28. The van der Waals surface area contributed by atoms with Crippen LogP contribution in [0.1, 0.15) is 30.1 Å². The minimum absolute atomic E-state index is 0.00241. The molecule has 1 amide bonds. The summed E-state index contributed by atoms with van der Waals surface area (Å²) < 4.78 is 8.19. The van der Waals surface area contributed by atoms with Gasteiger partial charge in [-0.05, 0) is 17.7 Å². The third-order valence-corrected chi connectivity index (χ3v) is 6.68. The number of rotatable bonds is 4. The summed E-state index contributed by atoms with van der Waals surface area (Å²) in [7, 11) is 0. The molecule has 0 bridgehead atoms. The molecule has 3 aliphatic heterocycles. The van der Waals surface area contributed by atoms with E-state index in [1.165, 1.54) is 0 Å². The van der Waals surface area contributed by atoms with Crippen molar-refractivity contribution in [2.45, 2.75) is 37.2 Å². The van der Waals surface area contributed by atoms with Crippen LogP contribution in [0.3, 0.4) is 0 Å². The standard InChI is InChI=1S/C23H23N5O2/c29-22-13-21-23(28(22)20(16-30-23)17-7-3-1-4-8-17)11-12-26(21)14-18-15-27(25-24-18)19-9-5-2-6-10-19/h1-10,15,20-21H,11-14,16H2/t20-,21+,23-/m0/s1. The highest BCUT2D eigenvalue weighted by Gasteiger charge is 2.64. The lowest BCUT2D eigenvalue weighted by molar-refractivity contribution is -0.138. The van der Waals surface area contributed by atoms with Crippen LogP contribution < -0.4 is 0 Å². The molecule has 0 aliphatic carbocycles. The summed E-state index contributed by atoms with van der Waals surface area (Å²) >= 11 is 0. The normalized spacial score (nSPS) is 28.1. The molecular weight excluding hydrogens is 378 g/mol. The largest absolute Gasteiger partial charge is 0.351 e. The third-order valence-electron chi connectivity index (χ3n) is 6.68. The zero-order chi connectivity index (χ0) is 20.1. The first-order chi connectivity index (χ1) is 14.7. The first kappa shape index (κ1) is 17.8. The number of benzene rings is 2. The van der Waals surface area contributed by atoms with Crippen LogP contribution in [0.15, 0.2) is 66.9 Å². The summed E-state index contributed by atoms with van der Waals surface area (Å²) in [5, 5.41) is 8.64. The van der Waals surface area contributed by atoms with Crippen molar-refractivity contribution in [3.63, 3.8) is 0 Å². The molecular formula is C23H23N5O2. The van der Waals surface area contributed by atoms with E-state index >= 15 is 0 Å². The van der Waals surface area contributed by atoms with Gasteiger partial charge in [0.25, 0.3) is 0 Å². The van der Waals surface area contributed by atoms with Gasteiger partial charge in [-0.3, -0.25) is 9.69 Å². The number of ether oxygens (including phenoxy) is 1. The summed E-state index contributed by atoms with van der Waals surface area (Å²) in [5.41, 5.74) is 2.53. The Morgan fingerprint density at radius 1 is 1.07 bits per heavy atom. The fraction of sp³-hybridized carbons (Fsp3) is 0.348. The minimum atomic E-state index is -0.507. The number of amides is 1. The van der Waals surface area contributed by atoms with E-state index < -0.39 is 5.72 Å². The van der Waals surface area contributed by atoms with Crippen molar-refractivity contribution >= 4 is 5.91 Å². The molecule has 0 saturated carbocycles. The number of hydrogen-bond acceptors (Lipinski definition) is 5. The molecule has 0 unspecified atom stereocenters. The summed E-state index contributed by atoms with van der Waals surface area (Å²) in [6, 6.07) is 20.3. The van der Waals surface area contributed by atoms with Gasteiger partial charge in [0.1, 0.15) is 0 Å². The maximum atomic E-state index is 13.0. The van der Waals surface area contributed by atoms with Crippen LogP contribution in [0.25, 0.3) is 5.69 Å². The Hall–Kier alpha value is -3.03. The Balaban J connectivity index is 1.23. The fourth-order valence-corrected chi connectivity index (χ4v) is 5.32. The number of carbonyl (C=O) groups is 1. The zero-order valence-corrected chi connectivity index (χ0v) is 16.6. The van der Waals surface area contributed by atoms with Gasteiger partial charge in [-0.15, -0.1) is 5.10 Å². The minimum Gasteiger partial charge on any atom is -0.351 e. The lowest BCUT2D eigenvalue weighted by Crippen LogP contribution is -2.48. The predicted octanol–water partition coefficient (Wildman–Crippen LogP) is 2.54. The van der Waals surface area contributed by atoms with Gasteiger partial charge in [-0.2, -0.15) is 0 Å². The van der Waals surface area contributed by atoms with Crippen LogP contribution in [0, 0.1) is 0 Å². The summed E-state index contributed by atoms with van der Waals surface area (Å²) in [6.45, 7) is 2.11. The maximum Gasteiger partial charge on any atom is 0.227 e. The van der Waals surface area contributed by atoms with Crippen LogP contribution in [-0.4, -0.2) is 55.6 Å². The number of nitrogens with zero attached hydrogens (tertiary/aromatic N) is 5. The van der Waals surface area contributed by atoms with Gasteiger partial charge in [-0.25, -0.2) is 4.68 Å². The Labute approximate surface area is 174 Å². The van der Waals surface area contributed by atoms with Crippen molar-refractivity contribution in [1.29, 1.82) is 0 Å². The Morgan fingerprint density at radius 3 is 2.63 bits per heavy atom. The molecule has 3 aliphatic rings. The number of aromatic nitrogens is 3. The molecule has 4 heterocycles. The number of carbonyl (C=O) groups excluding carboxylic acids is 1. The molecule has 3 atom stereocenters. The monoisotopic (exact) mass is 401 g/mol. The van der Waals surface area contributed by atoms with Gasteiger partial charge in [0, 0.05) is 25.9 Å². The molecule has 2 aromatic carbocycles. The molecule has 3 fully saturated rings. The maximum absolute atomic E-state index is 13.0. The fourth-order valence-electron chi connectivity index (χ4n) is 5.32. The Bertz CT molecular complexity index is 1070. The SMILES string of the molecule is O=C1C[C@H]2N(Cc3cn(-c4ccccc4)nn3)CC[C@]23OC[C@@H](c2ccccc2)N13. The molecule has 152 valence electrons. The molecule has 30 heavy (non-hydrogen) atoms.